The van der Waals surface area contributed by atoms with Gasteiger partial charge in [-0.3, -0.25) is 4.57 Å². The van der Waals surface area contributed by atoms with Crippen LogP contribution in [0.3, 0.4) is 0 Å². The molecule has 3 heteroatoms. The van der Waals surface area contributed by atoms with E-state index in [1.165, 1.54) is 61.3 Å². The Morgan fingerprint density at radius 3 is 2.28 bits per heavy atom. The number of rotatable bonds is 2. The van der Waals surface area contributed by atoms with E-state index in [4.69, 9.17) is 4.98 Å². The monoisotopic (exact) mass is 570 g/mol. The van der Waals surface area contributed by atoms with E-state index < -0.39 is 0 Å². The molecule has 0 bridgehead atoms. The van der Waals surface area contributed by atoms with Gasteiger partial charge in [0.15, 0.2) is 0 Å². The summed E-state index contributed by atoms with van der Waals surface area (Å²) in [5, 5.41) is 5.06. The number of allylic oxidation sites excluding steroid dienone is 4. The smallest absolute Gasteiger partial charge is 0.137 e. The molecular formula is C36H31BrN2. The van der Waals surface area contributed by atoms with Gasteiger partial charge in [0.2, 0.25) is 0 Å². The number of aromatic nitrogens is 2. The fourth-order valence-corrected chi connectivity index (χ4v) is 5.81. The number of para-hydroxylation sites is 1. The summed E-state index contributed by atoms with van der Waals surface area (Å²) in [5.41, 5.74) is 7.52. The molecule has 0 N–H and O–H groups in total. The molecule has 0 fully saturated rings. The molecule has 1 atom stereocenters. The summed E-state index contributed by atoms with van der Waals surface area (Å²) in [6.45, 7) is 6.65. The van der Waals surface area contributed by atoms with E-state index in [1.54, 1.807) is 0 Å². The van der Waals surface area contributed by atoms with Crippen LogP contribution in [0.5, 0.6) is 0 Å². The first-order valence-corrected chi connectivity index (χ1v) is 14.3. The number of hydrogen-bond donors (Lipinski definition) is 0. The maximum atomic E-state index is 4.70. The molecule has 1 aliphatic rings. The van der Waals surface area contributed by atoms with Crippen LogP contribution in [0.15, 0.2) is 120 Å². The van der Waals surface area contributed by atoms with Gasteiger partial charge in [0.25, 0.3) is 0 Å². The second-order valence-corrected chi connectivity index (χ2v) is 11.3. The highest BCUT2D eigenvalue weighted by Gasteiger charge is 2.17. The van der Waals surface area contributed by atoms with Crippen LogP contribution in [0.1, 0.15) is 24.5 Å². The molecule has 6 aromatic rings. The maximum absolute atomic E-state index is 4.70. The van der Waals surface area contributed by atoms with Crippen molar-refractivity contribution < 1.29 is 0 Å². The summed E-state index contributed by atoms with van der Waals surface area (Å²) in [6.07, 6.45) is 11.7. The largest absolute Gasteiger partial charge is 0.294 e. The Morgan fingerprint density at radius 1 is 0.769 bits per heavy atom. The fourth-order valence-electron chi connectivity index (χ4n) is 5.58. The second-order valence-electron chi connectivity index (χ2n) is 10.4. The number of halogens is 1. The molecule has 192 valence electrons. The third-order valence-electron chi connectivity index (χ3n) is 7.56. The predicted octanol–water partition coefficient (Wildman–Crippen LogP) is 10.5. The van der Waals surface area contributed by atoms with Gasteiger partial charge >= 0.3 is 0 Å². The Labute approximate surface area is 238 Å². The Balaban J connectivity index is 0.000000346. The van der Waals surface area contributed by atoms with Crippen molar-refractivity contribution in [3.05, 3.63) is 131 Å². The molecule has 4 aromatic carbocycles. The van der Waals surface area contributed by atoms with E-state index in [0.717, 1.165) is 16.2 Å². The predicted molar refractivity (Wildman–Crippen MR) is 171 cm³/mol. The highest BCUT2D eigenvalue weighted by Crippen LogP contribution is 2.39. The minimum Gasteiger partial charge on any atom is -0.294 e. The average Bonchev–Trinajstić information content (AvgIpc) is 3.27. The molecule has 0 saturated carbocycles. The Kier molecular flexibility index (Phi) is 6.93. The average molecular weight is 572 g/mol. The first-order chi connectivity index (χ1) is 19.0. The summed E-state index contributed by atoms with van der Waals surface area (Å²) in [4.78, 5) is 4.70. The molecule has 1 aliphatic carbocycles. The highest BCUT2D eigenvalue weighted by molar-refractivity contribution is 9.10. The van der Waals surface area contributed by atoms with Crippen molar-refractivity contribution in [1.82, 2.24) is 9.55 Å². The first-order valence-electron chi connectivity index (χ1n) is 13.5. The second kappa shape index (κ2) is 10.7. The zero-order chi connectivity index (χ0) is 26.9. The lowest BCUT2D eigenvalue weighted by molar-refractivity contribution is 0.737. The van der Waals surface area contributed by atoms with Gasteiger partial charge in [0.05, 0.1) is 11.0 Å². The highest BCUT2D eigenvalue weighted by atomic mass is 79.9. The number of fused-ring (bicyclic) bond motifs is 4. The molecule has 39 heavy (non-hydrogen) atoms. The summed E-state index contributed by atoms with van der Waals surface area (Å²) < 4.78 is 3.25. The lowest BCUT2D eigenvalue weighted by atomic mass is 9.90. The molecule has 2 heterocycles. The summed E-state index contributed by atoms with van der Waals surface area (Å²) >= 11 is 3.51. The van der Waals surface area contributed by atoms with Crippen LogP contribution in [0, 0.1) is 19.8 Å². The number of pyridine rings is 1. The molecule has 0 aliphatic heterocycles. The molecule has 0 saturated heterocycles. The van der Waals surface area contributed by atoms with E-state index in [2.05, 4.69) is 144 Å². The third-order valence-corrected chi connectivity index (χ3v) is 8.03. The molecular weight excluding hydrogens is 540 g/mol. The van der Waals surface area contributed by atoms with Crippen LogP contribution in [0.25, 0.3) is 49.5 Å². The normalized spacial score (nSPS) is 14.6. The van der Waals surface area contributed by atoms with Crippen LogP contribution in [0.2, 0.25) is 0 Å². The van der Waals surface area contributed by atoms with Gasteiger partial charge in [-0.25, -0.2) is 4.98 Å². The van der Waals surface area contributed by atoms with E-state index >= 15 is 0 Å². The van der Waals surface area contributed by atoms with Crippen molar-refractivity contribution in [2.75, 3.05) is 0 Å². The molecule has 0 amide bonds. The van der Waals surface area contributed by atoms with Crippen LogP contribution >= 0.6 is 15.9 Å². The minimum atomic E-state index is 0.769. The molecule has 0 radical (unpaired) electrons. The summed E-state index contributed by atoms with van der Waals surface area (Å²) in [6, 6.07) is 30.5. The van der Waals surface area contributed by atoms with Gasteiger partial charge in [0, 0.05) is 21.4 Å². The number of hydrogen-bond acceptors (Lipinski definition) is 1. The molecule has 7 rings (SSSR count). The van der Waals surface area contributed by atoms with Crippen molar-refractivity contribution in [1.29, 1.82) is 0 Å². The van der Waals surface area contributed by atoms with Crippen molar-refractivity contribution in [3.8, 4) is 16.9 Å². The van der Waals surface area contributed by atoms with Crippen LogP contribution in [-0.4, -0.2) is 9.55 Å². The van der Waals surface area contributed by atoms with E-state index in [1.807, 2.05) is 12.3 Å². The van der Waals surface area contributed by atoms with Crippen LogP contribution < -0.4 is 0 Å². The van der Waals surface area contributed by atoms with Gasteiger partial charge in [-0.15, -0.1) is 0 Å². The summed E-state index contributed by atoms with van der Waals surface area (Å²) in [7, 11) is 0. The third kappa shape index (κ3) is 4.84. The molecule has 1 unspecified atom stereocenters. The SMILES string of the molecule is CC1C=CC=CC1.Cc1cc2c(cc1-c1c(C)ccc3ccccc13)c1ccccc1n2-c1ccc(Br)cn1. The van der Waals surface area contributed by atoms with Crippen LogP contribution in [0.4, 0.5) is 0 Å². The summed E-state index contributed by atoms with van der Waals surface area (Å²) in [5.74, 6) is 1.69. The first kappa shape index (κ1) is 25.3. The standard InChI is InChI=1S/C29H21BrN2.C7H10/c1-18-11-12-20-7-3-4-8-22(20)29(18)24-16-25-23-9-5-6-10-26(23)32(27(25)15-19(24)2)28-14-13-21(30)17-31-28;1-7-5-3-2-4-6-7/h3-17H,1-2H3;2-5,7H,6H2,1H3. The van der Waals surface area contributed by atoms with E-state index in [-0.39, 0.29) is 0 Å². The fraction of sp³-hybridized carbons (Fsp3) is 0.139. The van der Waals surface area contributed by atoms with Crippen LogP contribution in [-0.2, 0) is 0 Å². The van der Waals surface area contributed by atoms with Gasteiger partial charge in [0.1, 0.15) is 5.82 Å². The quantitative estimate of drug-likeness (QED) is 0.202. The Morgan fingerprint density at radius 2 is 1.56 bits per heavy atom. The van der Waals surface area contributed by atoms with Crippen molar-refractivity contribution in [2.24, 2.45) is 5.92 Å². The zero-order valence-electron chi connectivity index (χ0n) is 22.5. The molecule has 0 spiro atoms. The number of aryl methyl sites for hydroxylation is 2. The van der Waals surface area contributed by atoms with Gasteiger partial charge < -0.3 is 0 Å². The topological polar surface area (TPSA) is 17.8 Å². The van der Waals surface area contributed by atoms with Gasteiger partial charge in [-0.2, -0.15) is 0 Å². The lowest BCUT2D eigenvalue weighted by Crippen LogP contribution is -1.97. The van der Waals surface area contributed by atoms with Crippen molar-refractivity contribution >= 4 is 48.5 Å². The van der Waals surface area contributed by atoms with E-state index in [0.29, 0.717) is 0 Å². The number of nitrogens with zero attached hydrogens (tertiary/aromatic N) is 2. The van der Waals surface area contributed by atoms with Gasteiger partial charge in [-0.05, 0) is 105 Å². The van der Waals surface area contributed by atoms with Gasteiger partial charge in [-0.1, -0.05) is 85.8 Å². The molecule has 2 aromatic heterocycles. The Hall–Kier alpha value is -3.95. The zero-order valence-corrected chi connectivity index (χ0v) is 24.1. The Bertz CT molecular complexity index is 1870. The maximum Gasteiger partial charge on any atom is 0.137 e. The number of benzene rings is 4. The van der Waals surface area contributed by atoms with Crippen molar-refractivity contribution in [3.63, 3.8) is 0 Å². The molecule has 2 nitrogen and oxygen atoms in total. The van der Waals surface area contributed by atoms with Crippen molar-refractivity contribution in [2.45, 2.75) is 27.2 Å². The lowest BCUT2D eigenvalue weighted by Gasteiger charge is -2.14. The van der Waals surface area contributed by atoms with E-state index in [9.17, 15) is 0 Å². The minimum absolute atomic E-state index is 0.769.